The standard InChI is InChI=1S/C16H15F5N2O2S/c1-26(24,25)12-7-10(17)9(6-11(12)18)14-13(8-4-2-3-5-8)22-15(23-14)16(19,20)21/h6-8H,2-5H2,1H3,(H,22,23). The van der Waals surface area contributed by atoms with Gasteiger partial charge in [0.2, 0.25) is 5.82 Å². The van der Waals surface area contributed by atoms with Gasteiger partial charge in [-0.25, -0.2) is 22.2 Å². The number of rotatable bonds is 3. The summed E-state index contributed by atoms with van der Waals surface area (Å²) in [6.07, 6.45) is -1.21. The molecule has 10 heteroatoms. The van der Waals surface area contributed by atoms with Crippen LogP contribution < -0.4 is 0 Å². The van der Waals surface area contributed by atoms with Crippen molar-refractivity contribution in [3.8, 4) is 11.3 Å². The van der Waals surface area contributed by atoms with Crippen LogP contribution in [0, 0.1) is 11.6 Å². The Morgan fingerprint density at radius 1 is 1.12 bits per heavy atom. The molecule has 1 aromatic carbocycles. The van der Waals surface area contributed by atoms with Gasteiger partial charge in [-0.2, -0.15) is 13.2 Å². The number of aromatic amines is 1. The first kappa shape index (κ1) is 18.8. The molecule has 1 aromatic heterocycles. The van der Waals surface area contributed by atoms with Crippen molar-refractivity contribution in [2.45, 2.75) is 42.7 Å². The zero-order valence-electron chi connectivity index (χ0n) is 13.6. The Bertz CT molecular complexity index is 944. The van der Waals surface area contributed by atoms with Crippen LogP contribution in [-0.2, 0) is 16.0 Å². The Morgan fingerprint density at radius 2 is 1.73 bits per heavy atom. The predicted molar refractivity (Wildman–Crippen MR) is 83.3 cm³/mol. The normalized spacial score (nSPS) is 16.4. The maximum Gasteiger partial charge on any atom is 0.449 e. The van der Waals surface area contributed by atoms with Crippen molar-refractivity contribution in [2.24, 2.45) is 0 Å². The lowest BCUT2D eigenvalue weighted by molar-refractivity contribution is -0.144. The van der Waals surface area contributed by atoms with Crippen LogP contribution in [0.4, 0.5) is 22.0 Å². The molecule has 0 amide bonds. The van der Waals surface area contributed by atoms with Crippen molar-refractivity contribution in [1.82, 2.24) is 9.97 Å². The second kappa shape index (κ2) is 6.33. The van der Waals surface area contributed by atoms with E-state index in [0.29, 0.717) is 31.2 Å². The van der Waals surface area contributed by atoms with Gasteiger partial charge in [0.1, 0.15) is 16.5 Å². The van der Waals surface area contributed by atoms with Gasteiger partial charge in [0.05, 0.1) is 5.69 Å². The number of imidazole rings is 1. The molecule has 0 saturated heterocycles. The zero-order valence-corrected chi connectivity index (χ0v) is 14.4. The molecule has 1 aliphatic carbocycles. The Kier molecular flexibility index (Phi) is 4.58. The topological polar surface area (TPSA) is 62.8 Å². The van der Waals surface area contributed by atoms with Crippen LogP contribution in [0.2, 0.25) is 0 Å². The van der Waals surface area contributed by atoms with Gasteiger partial charge in [0, 0.05) is 23.4 Å². The molecular weight excluding hydrogens is 379 g/mol. The van der Waals surface area contributed by atoms with E-state index in [0.717, 1.165) is 12.8 Å². The minimum absolute atomic E-state index is 0.0974. The van der Waals surface area contributed by atoms with Gasteiger partial charge < -0.3 is 4.98 Å². The Balaban J connectivity index is 2.20. The first-order valence-corrected chi connectivity index (χ1v) is 9.74. The fraction of sp³-hybridized carbons (Fsp3) is 0.438. The van der Waals surface area contributed by atoms with E-state index in [9.17, 15) is 30.4 Å². The summed E-state index contributed by atoms with van der Waals surface area (Å²) in [5.74, 6) is -3.95. The van der Waals surface area contributed by atoms with Crippen molar-refractivity contribution in [1.29, 1.82) is 0 Å². The van der Waals surface area contributed by atoms with Crippen molar-refractivity contribution in [3.63, 3.8) is 0 Å². The minimum atomic E-state index is -4.77. The van der Waals surface area contributed by atoms with Crippen LogP contribution in [0.25, 0.3) is 11.3 Å². The molecule has 0 spiro atoms. The molecule has 4 nitrogen and oxygen atoms in total. The average molecular weight is 394 g/mol. The van der Waals surface area contributed by atoms with Crippen LogP contribution >= 0.6 is 0 Å². The third-order valence-electron chi connectivity index (χ3n) is 4.44. The highest BCUT2D eigenvalue weighted by atomic mass is 32.2. The molecule has 26 heavy (non-hydrogen) atoms. The molecule has 0 radical (unpaired) electrons. The van der Waals surface area contributed by atoms with Gasteiger partial charge in [0.25, 0.3) is 0 Å². The number of halogens is 5. The van der Waals surface area contributed by atoms with Crippen molar-refractivity contribution in [3.05, 3.63) is 35.3 Å². The lowest BCUT2D eigenvalue weighted by atomic mass is 9.98. The van der Waals surface area contributed by atoms with Crippen LogP contribution in [0.5, 0.6) is 0 Å². The van der Waals surface area contributed by atoms with E-state index in [1.807, 2.05) is 0 Å². The number of hydrogen-bond acceptors (Lipinski definition) is 3. The molecule has 1 N–H and O–H groups in total. The van der Waals surface area contributed by atoms with E-state index >= 15 is 0 Å². The van der Waals surface area contributed by atoms with Gasteiger partial charge in [-0.05, 0) is 25.0 Å². The second-order valence-electron chi connectivity index (χ2n) is 6.36. The van der Waals surface area contributed by atoms with Crippen LogP contribution in [0.15, 0.2) is 17.0 Å². The number of nitrogens with zero attached hydrogens (tertiary/aromatic N) is 1. The highest BCUT2D eigenvalue weighted by Gasteiger charge is 2.38. The zero-order chi connectivity index (χ0) is 19.3. The molecule has 2 aromatic rings. The van der Waals surface area contributed by atoms with Crippen LogP contribution in [-0.4, -0.2) is 24.6 Å². The minimum Gasteiger partial charge on any atom is -0.337 e. The fourth-order valence-electron chi connectivity index (χ4n) is 3.23. The Labute approximate surface area is 146 Å². The maximum atomic E-state index is 14.5. The third-order valence-corrected chi connectivity index (χ3v) is 5.55. The summed E-state index contributed by atoms with van der Waals surface area (Å²) in [7, 11) is -4.02. The molecule has 1 aliphatic rings. The lowest BCUT2D eigenvalue weighted by Crippen LogP contribution is -2.07. The van der Waals surface area contributed by atoms with Gasteiger partial charge in [-0.1, -0.05) is 12.8 Å². The molecule has 1 heterocycles. The number of nitrogens with one attached hydrogen (secondary N) is 1. The summed E-state index contributed by atoms with van der Waals surface area (Å²) < 4.78 is 90.7. The molecule has 3 rings (SSSR count). The molecule has 0 unspecified atom stereocenters. The first-order chi connectivity index (χ1) is 12.0. The smallest absolute Gasteiger partial charge is 0.337 e. The average Bonchev–Trinajstić information content (AvgIpc) is 3.15. The SMILES string of the molecule is CS(=O)(=O)c1cc(F)c(-c2nc(C(F)(F)F)[nH]c2C2CCCC2)cc1F. The van der Waals surface area contributed by atoms with Crippen molar-refractivity contribution in [2.75, 3.05) is 6.26 Å². The van der Waals surface area contributed by atoms with Crippen LogP contribution in [0.1, 0.15) is 43.1 Å². The Morgan fingerprint density at radius 3 is 2.27 bits per heavy atom. The quantitative estimate of drug-likeness (QED) is 0.784. The summed E-state index contributed by atoms with van der Waals surface area (Å²) in [6.45, 7) is 0. The Hall–Kier alpha value is -1.97. The van der Waals surface area contributed by atoms with E-state index in [1.165, 1.54) is 0 Å². The van der Waals surface area contributed by atoms with E-state index in [1.54, 1.807) is 0 Å². The van der Waals surface area contributed by atoms with E-state index in [4.69, 9.17) is 0 Å². The lowest BCUT2D eigenvalue weighted by Gasteiger charge is -2.11. The van der Waals surface area contributed by atoms with Gasteiger partial charge >= 0.3 is 6.18 Å². The van der Waals surface area contributed by atoms with Crippen LogP contribution in [0.3, 0.4) is 0 Å². The fourth-order valence-corrected chi connectivity index (χ4v) is 3.96. The summed E-state index contributed by atoms with van der Waals surface area (Å²) in [5, 5.41) is 0. The molecule has 142 valence electrons. The summed E-state index contributed by atoms with van der Waals surface area (Å²) in [6, 6.07) is 1.06. The highest BCUT2D eigenvalue weighted by Crippen LogP contribution is 2.41. The largest absolute Gasteiger partial charge is 0.449 e. The number of benzene rings is 1. The molecule has 1 saturated carbocycles. The third kappa shape index (κ3) is 3.46. The first-order valence-electron chi connectivity index (χ1n) is 7.85. The monoisotopic (exact) mass is 394 g/mol. The molecule has 0 bridgehead atoms. The number of aromatic nitrogens is 2. The highest BCUT2D eigenvalue weighted by molar-refractivity contribution is 7.90. The van der Waals surface area contributed by atoms with Gasteiger partial charge in [-0.3, -0.25) is 0 Å². The molecule has 0 atom stereocenters. The van der Waals surface area contributed by atoms with Crippen molar-refractivity contribution >= 4 is 9.84 Å². The summed E-state index contributed by atoms with van der Waals surface area (Å²) in [4.78, 5) is 4.81. The van der Waals surface area contributed by atoms with Gasteiger partial charge in [0.15, 0.2) is 9.84 Å². The van der Waals surface area contributed by atoms with Crippen molar-refractivity contribution < 1.29 is 30.4 Å². The van der Waals surface area contributed by atoms with E-state index in [-0.39, 0.29) is 17.3 Å². The molecular formula is C16H15F5N2O2S. The number of sulfone groups is 1. The number of H-pyrrole nitrogens is 1. The number of hydrogen-bond donors (Lipinski definition) is 1. The molecule has 0 aliphatic heterocycles. The number of alkyl halides is 3. The second-order valence-corrected chi connectivity index (χ2v) is 8.35. The molecule has 1 fully saturated rings. The van der Waals surface area contributed by atoms with Gasteiger partial charge in [-0.15, -0.1) is 0 Å². The summed E-state index contributed by atoms with van der Waals surface area (Å²) in [5.41, 5.74) is -0.732. The van der Waals surface area contributed by atoms with E-state index < -0.39 is 43.9 Å². The predicted octanol–water partition coefficient (Wildman–Crippen LogP) is 4.43. The van der Waals surface area contributed by atoms with E-state index in [2.05, 4.69) is 9.97 Å². The maximum absolute atomic E-state index is 14.5. The summed E-state index contributed by atoms with van der Waals surface area (Å²) >= 11 is 0.